The molecule has 522 valence electrons. The third-order valence-electron chi connectivity index (χ3n) is 13.4. The van der Waals surface area contributed by atoms with Crippen molar-refractivity contribution < 1.29 is 48.3 Å². The largest absolute Gasteiger partial charge is 0.480 e. The molecule has 9 atom stereocenters. The van der Waals surface area contributed by atoms with Crippen molar-refractivity contribution in [3.05, 3.63) is 0 Å². The number of aliphatic carboxylic acids is 1. The quantitative estimate of drug-likeness (QED) is 0.0153. The van der Waals surface area contributed by atoms with Gasteiger partial charge in [-0.15, -0.1) is 0 Å². The molecule has 0 aliphatic rings. The second kappa shape index (κ2) is 47.1. The van der Waals surface area contributed by atoms with E-state index in [0.717, 1.165) is 0 Å². The summed E-state index contributed by atoms with van der Waals surface area (Å²) in [4.78, 5) is 125. The minimum absolute atomic E-state index is 0.00196. The number of hydrogen-bond donors (Lipinski definition) is 32. The molecule has 8 amide bonds. The second-order valence-corrected chi connectivity index (χ2v) is 21.3. The first-order valence-electron chi connectivity index (χ1n) is 30.0. The zero-order valence-corrected chi connectivity index (χ0v) is 52.2. The van der Waals surface area contributed by atoms with Crippen LogP contribution in [0.4, 0.5) is 0 Å². The number of guanidine groups is 7. The number of carboxylic acid groups (broad SMARTS) is 1. The number of carboxylic acids is 1. The molecule has 0 fully saturated rings. The summed E-state index contributed by atoms with van der Waals surface area (Å²) in [6.07, 6.45) is 0.965. The summed E-state index contributed by atoms with van der Waals surface area (Å²) in [5.41, 5.74) is 50.1. The van der Waals surface area contributed by atoms with E-state index in [-0.39, 0.29) is 160 Å². The first-order chi connectivity index (χ1) is 43.4. The smallest absolute Gasteiger partial charge is 0.325 e. The molecular formula is C51H103N31O10. The van der Waals surface area contributed by atoms with E-state index in [9.17, 15) is 48.3 Å². The number of rotatable bonds is 49. The standard InChI is InChI=1S/C51H103N31O10/c1-27(44(91)92)75-37(84)29(12-4-20-68-45(54)55)77-39(86)31(14-6-22-70-47(58)59)79-41(88)33(16-8-24-72-49(62)63)81-43(90)35(18-10-26-74-51(66)67)82-42(89)34(17-9-25-73-50(64)65)80-40(87)32(15-7-23-71-48(60)61)78-38(85)30(13-5-21-69-46(56)57)76-36(83)28(53)11-2-3-19-52/h27-35H,2-26,52-53H2,1H3,(H,75,84)(H,76,83)(H,77,86)(H,78,85)(H,79,88)(H,80,87)(H,81,90)(H,82,89)(H,91,92)(H4,54,55,68)(H4,56,57,69)(H4,58,59,70)(H4,60,61,71)(H4,62,63,72)(H4,64,65,73)(H4,66,67,74)/t27-,28-,29-,30-,31-,32-,33-,34-,35-/m0/s1. The van der Waals surface area contributed by atoms with Gasteiger partial charge < -0.3 is 136 Å². The van der Waals surface area contributed by atoms with Gasteiger partial charge in [-0.3, -0.25) is 81.0 Å². The topological polar surface area (TPSA) is 755 Å². The van der Waals surface area contributed by atoms with E-state index >= 15 is 0 Å². The van der Waals surface area contributed by atoms with Crippen LogP contribution < -0.4 is 131 Å². The molecule has 41 N–H and O–H groups in total. The van der Waals surface area contributed by atoms with E-state index in [1.807, 2.05) is 0 Å². The van der Waals surface area contributed by atoms with Gasteiger partial charge in [0.25, 0.3) is 0 Å². The van der Waals surface area contributed by atoms with Gasteiger partial charge in [0.1, 0.15) is 48.3 Å². The molecule has 41 nitrogen and oxygen atoms in total. The molecule has 0 rings (SSSR count). The van der Waals surface area contributed by atoms with E-state index in [1.165, 1.54) is 6.92 Å². The summed E-state index contributed by atoms with van der Waals surface area (Å²) in [5, 5.41) is 101. The molecule has 0 aliphatic carbocycles. The minimum atomic E-state index is -1.55. The SMILES string of the molecule is C[C@H](NC(=O)[C@H](CCCNC(=N)N)NC(=O)[C@H](CCCNC(=N)N)NC(=O)[C@H](CCCNC(=N)N)NC(=O)[C@H](CCCNC(=N)N)NC(=O)[C@H](CCCNC(=N)N)NC(=O)[C@H](CCCNC(=N)N)NC(=O)[C@H](CCCNC(=N)N)NC(=O)[C@@H](N)CCCCN)C(=O)O. The predicted octanol–water partition coefficient (Wildman–Crippen LogP) is -9.73. The minimum Gasteiger partial charge on any atom is -0.480 e. The average molecular weight is 1310 g/mol. The number of hydrogen-bond acceptors (Lipinski definition) is 18. The Labute approximate surface area is 533 Å². The van der Waals surface area contributed by atoms with E-state index in [2.05, 4.69) is 79.8 Å². The van der Waals surface area contributed by atoms with Crippen LogP contribution in [-0.4, -0.2) is 207 Å². The molecule has 0 heterocycles. The summed E-state index contributed by atoms with van der Waals surface area (Å²) in [6.45, 7) is 1.85. The van der Waals surface area contributed by atoms with E-state index in [4.69, 9.17) is 89.5 Å². The molecule has 0 aliphatic heterocycles. The lowest BCUT2D eigenvalue weighted by atomic mass is 10.0. The molecule has 0 radical (unpaired) electrons. The maximum atomic E-state index is 14.7. The zero-order valence-electron chi connectivity index (χ0n) is 52.2. The van der Waals surface area contributed by atoms with Crippen molar-refractivity contribution in [2.75, 3.05) is 52.4 Å². The Bertz CT molecular complexity index is 2460. The third kappa shape index (κ3) is 39.8. The maximum absolute atomic E-state index is 14.7. The monoisotopic (exact) mass is 1310 g/mol. The first kappa shape index (κ1) is 82.0. The van der Waals surface area contributed by atoms with Gasteiger partial charge in [0, 0.05) is 45.8 Å². The van der Waals surface area contributed by atoms with Crippen LogP contribution in [0.5, 0.6) is 0 Å². The summed E-state index contributed by atoms with van der Waals surface area (Å²) in [6, 6.07) is -12.6. The van der Waals surface area contributed by atoms with Crippen molar-refractivity contribution in [1.29, 1.82) is 37.9 Å². The highest BCUT2D eigenvalue weighted by atomic mass is 16.4. The number of carbonyl (C=O) groups excluding carboxylic acids is 8. The highest BCUT2D eigenvalue weighted by Gasteiger charge is 2.35. The van der Waals surface area contributed by atoms with Crippen LogP contribution in [0.2, 0.25) is 0 Å². The number of unbranched alkanes of at least 4 members (excludes halogenated alkanes) is 1. The van der Waals surface area contributed by atoms with Gasteiger partial charge >= 0.3 is 5.97 Å². The lowest BCUT2D eigenvalue weighted by Crippen LogP contribution is -2.60. The van der Waals surface area contributed by atoms with Crippen LogP contribution in [0.25, 0.3) is 0 Å². The zero-order chi connectivity index (χ0) is 69.7. The molecule has 0 aromatic heterocycles. The Kier molecular flexibility index (Phi) is 42.0. The fourth-order valence-corrected chi connectivity index (χ4v) is 8.51. The van der Waals surface area contributed by atoms with Crippen molar-refractivity contribution in [3.63, 3.8) is 0 Å². The summed E-state index contributed by atoms with van der Waals surface area (Å²) >= 11 is 0. The number of amides is 8. The average Bonchev–Trinajstić information content (AvgIpc) is 1.04. The van der Waals surface area contributed by atoms with Crippen LogP contribution >= 0.6 is 0 Å². The highest BCUT2D eigenvalue weighted by molar-refractivity contribution is 5.98. The Balaban J connectivity index is 7.55. The third-order valence-corrected chi connectivity index (χ3v) is 13.4. The molecule has 0 spiro atoms. The van der Waals surface area contributed by atoms with E-state index in [0.29, 0.717) is 19.4 Å². The Morgan fingerprint density at radius 2 is 0.489 bits per heavy atom. The highest BCUT2D eigenvalue weighted by Crippen LogP contribution is 2.11. The van der Waals surface area contributed by atoms with Gasteiger partial charge in [-0.2, -0.15) is 0 Å². The maximum Gasteiger partial charge on any atom is 0.325 e. The van der Waals surface area contributed by atoms with Crippen molar-refractivity contribution in [3.8, 4) is 0 Å². The van der Waals surface area contributed by atoms with Crippen molar-refractivity contribution in [1.82, 2.24) is 79.8 Å². The van der Waals surface area contributed by atoms with Crippen LogP contribution in [0.3, 0.4) is 0 Å². The molecule has 92 heavy (non-hydrogen) atoms. The predicted molar refractivity (Wildman–Crippen MR) is 344 cm³/mol. The number of nitrogens with one attached hydrogen (secondary N) is 22. The van der Waals surface area contributed by atoms with Crippen LogP contribution in [-0.2, 0) is 43.2 Å². The molecule has 0 saturated heterocycles. The normalized spacial score (nSPS) is 13.6. The number of nitrogens with two attached hydrogens (primary N) is 9. The van der Waals surface area contributed by atoms with E-state index in [1.54, 1.807) is 0 Å². The summed E-state index contributed by atoms with van der Waals surface area (Å²) in [5.74, 6) is -11.3. The summed E-state index contributed by atoms with van der Waals surface area (Å²) < 4.78 is 0. The van der Waals surface area contributed by atoms with Gasteiger partial charge in [0.15, 0.2) is 41.7 Å². The molecule has 0 unspecified atom stereocenters. The fourth-order valence-electron chi connectivity index (χ4n) is 8.51. The second-order valence-electron chi connectivity index (χ2n) is 21.3. The fraction of sp³-hybridized carbons (Fsp3) is 0.686. The van der Waals surface area contributed by atoms with Crippen molar-refractivity contribution in [2.24, 2.45) is 51.6 Å². The lowest BCUT2D eigenvalue weighted by molar-refractivity contribution is -0.142. The van der Waals surface area contributed by atoms with Gasteiger partial charge in [-0.1, -0.05) is 6.42 Å². The van der Waals surface area contributed by atoms with Gasteiger partial charge in [-0.25, -0.2) is 0 Å². The summed E-state index contributed by atoms with van der Waals surface area (Å²) in [7, 11) is 0. The Hall–Kier alpha value is -9.96. The Morgan fingerprint density at radius 3 is 0.663 bits per heavy atom. The molecule has 41 heteroatoms. The molecule has 0 aromatic carbocycles. The molecule has 0 bridgehead atoms. The Morgan fingerprint density at radius 1 is 0.304 bits per heavy atom. The lowest BCUT2D eigenvalue weighted by Gasteiger charge is -2.28. The molecule has 0 aromatic rings. The van der Waals surface area contributed by atoms with Crippen molar-refractivity contribution in [2.45, 2.75) is 170 Å². The molecular weight excluding hydrogens is 1210 g/mol. The van der Waals surface area contributed by atoms with Crippen molar-refractivity contribution >= 4 is 94.9 Å². The van der Waals surface area contributed by atoms with Gasteiger partial charge in [0.05, 0.1) is 6.04 Å². The van der Waals surface area contributed by atoms with Crippen LogP contribution in [0, 0.1) is 37.9 Å². The van der Waals surface area contributed by atoms with Crippen LogP contribution in [0.1, 0.15) is 116 Å². The van der Waals surface area contributed by atoms with Gasteiger partial charge in [0.2, 0.25) is 47.3 Å². The van der Waals surface area contributed by atoms with E-state index < -0.39 is 131 Å². The van der Waals surface area contributed by atoms with Gasteiger partial charge in [-0.05, 0) is 116 Å². The number of carbonyl (C=O) groups is 9. The first-order valence-corrected chi connectivity index (χ1v) is 30.0. The molecule has 0 saturated carbocycles. The van der Waals surface area contributed by atoms with Crippen LogP contribution in [0.15, 0.2) is 0 Å².